The Hall–Kier alpha value is -0.357. The third kappa shape index (κ3) is 4.31. The first-order chi connectivity index (χ1) is 12.8. The molecule has 1 atom stereocenters. The summed E-state index contributed by atoms with van der Waals surface area (Å²) in [4.78, 5) is 0. The molecule has 0 N–H and O–H groups in total. The van der Waals surface area contributed by atoms with Crippen molar-refractivity contribution in [1.29, 1.82) is 0 Å². The molecule has 0 aliphatic heterocycles. The first kappa shape index (κ1) is 21.4. The fraction of sp³-hybridized carbons (Fsp3) is 0.417. The summed E-state index contributed by atoms with van der Waals surface area (Å²) >= 11 is -2.47. The Bertz CT molecular complexity index is 859. The van der Waals surface area contributed by atoms with Crippen molar-refractivity contribution in [1.82, 2.24) is 0 Å². The van der Waals surface area contributed by atoms with Gasteiger partial charge in [0.2, 0.25) is 0 Å². The second-order valence-electron chi connectivity index (χ2n) is 8.60. The van der Waals surface area contributed by atoms with E-state index in [2.05, 4.69) is 77.1 Å². The maximum atomic E-state index is 6.67. The number of fused-ring (bicyclic) bond motifs is 1. The third-order valence-corrected chi connectivity index (χ3v) is 10.9. The summed E-state index contributed by atoms with van der Waals surface area (Å²) in [6.07, 6.45) is 5.93. The molecule has 143 valence electrons. The summed E-state index contributed by atoms with van der Waals surface area (Å²) in [7, 11) is 13.3. The van der Waals surface area contributed by atoms with E-state index in [1.165, 1.54) is 51.8 Å². The second kappa shape index (κ2) is 8.56. The molecule has 0 spiro atoms. The number of aryl methyl sites for hydroxylation is 1. The Morgan fingerprint density at radius 2 is 1.74 bits per heavy atom. The molecular formula is C24H29Cl2Zr. The van der Waals surface area contributed by atoms with Gasteiger partial charge >= 0.3 is 181 Å². The number of allylic oxidation sites excluding steroid dienone is 1. The van der Waals surface area contributed by atoms with E-state index in [9.17, 15) is 0 Å². The summed E-state index contributed by atoms with van der Waals surface area (Å²) in [6, 6.07) is 13.4. The van der Waals surface area contributed by atoms with Crippen LogP contribution < -0.4 is 0 Å². The van der Waals surface area contributed by atoms with Gasteiger partial charge in [-0.3, -0.25) is 0 Å². The predicted octanol–water partition coefficient (Wildman–Crippen LogP) is 8.51. The van der Waals surface area contributed by atoms with Crippen molar-refractivity contribution in [3.05, 3.63) is 64.2 Å². The predicted molar refractivity (Wildman–Crippen MR) is 117 cm³/mol. The van der Waals surface area contributed by atoms with Crippen molar-refractivity contribution in [2.75, 3.05) is 0 Å². The van der Waals surface area contributed by atoms with E-state index < -0.39 is 19.4 Å². The SMILES string of the molecule is CCCCC1=Cc2c(ccc(C(C)(C)C)c2-c2ccccc2C)[CH]1[Zr]([Cl])[Cl]. The summed E-state index contributed by atoms with van der Waals surface area (Å²) < 4.78 is 0.300. The summed E-state index contributed by atoms with van der Waals surface area (Å²) in [5.41, 5.74) is 9.71. The van der Waals surface area contributed by atoms with Crippen LogP contribution in [0.2, 0.25) is 0 Å². The quantitative estimate of drug-likeness (QED) is 0.403. The van der Waals surface area contributed by atoms with Crippen LogP contribution in [0.15, 0.2) is 42.0 Å². The van der Waals surface area contributed by atoms with E-state index in [1.807, 2.05) is 0 Å². The molecule has 2 aromatic rings. The van der Waals surface area contributed by atoms with E-state index in [1.54, 1.807) is 0 Å². The van der Waals surface area contributed by atoms with Crippen molar-refractivity contribution in [2.24, 2.45) is 0 Å². The van der Waals surface area contributed by atoms with Gasteiger partial charge in [-0.05, 0) is 0 Å². The fourth-order valence-electron chi connectivity index (χ4n) is 4.14. The van der Waals surface area contributed by atoms with E-state index in [4.69, 9.17) is 17.0 Å². The summed E-state index contributed by atoms with van der Waals surface area (Å²) in [5.74, 6) is 0. The van der Waals surface area contributed by atoms with Crippen molar-refractivity contribution < 1.29 is 19.4 Å². The number of benzene rings is 2. The molecule has 0 heterocycles. The average Bonchev–Trinajstić information content (AvgIpc) is 2.97. The summed E-state index contributed by atoms with van der Waals surface area (Å²) in [5, 5.41) is 0. The Morgan fingerprint density at radius 3 is 2.33 bits per heavy atom. The zero-order chi connectivity index (χ0) is 19.8. The molecule has 0 aromatic heterocycles. The molecule has 0 fully saturated rings. The van der Waals surface area contributed by atoms with E-state index in [0.29, 0.717) is 3.63 Å². The number of unbranched alkanes of at least 4 members (excludes halogenated alkanes) is 1. The molecule has 0 amide bonds. The minimum atomic E-state index is -2.47. The zero-order valence-corrected chi connectivity index (χ0v) is 21.0. The van der Waals surface area contributed by atoms with Crippen molar-refractivity contribution in [3.63, 3.8) is 0 Å². The van der Waals surface area contributed by atoms with E-state index >= 15 is 0 Å². The van der Waals surface area contributed by atoms with Crippen LogP contribution in [0.25, 0.3) is 17.2 Å². The molecule has 3 rings (SSSR count). The topological polar surface area (TPSA) is 0 Å². The first-order valence-corrected chi connectivity index (χ1v) is 17.6. The Morgan fingerprint density at radius 1 is 1.04 bits per heavy atom. The van der Waals surface area contributed by atoms with Crippen LogP contribution in [0.1, 0.15) is 72.8 Å². The van der Waals surface area contributed by atoms with Crippen LogP contribution in [0.5, 0.6) is 0 Å². The van der Waals surface area contributed by atoms with Gasteiger partial charge in [0.25, 0.3) is 0 Å². The minimum absolute atomic E-state index is 0.0751. The Labute approximate surface area is 179 Å². The number of rotatable bonds is 5. The monoisotopic (exact) mass is 477 g/mol. The normalized spacial score (nSPS) is 16.3. The molecule has 2 aromatic carbocycles. The standard InChI is InChI=1S/C24H29.2ClH.Zr/c1-6-7-11-18-15-19-13-14-22(24(3,4)5)23(21(19)16-18)20-12-9-8-10-17(20)2;;;/h8-10,12-16H,6-7,11H2,1-5H3;2*1H;/q;;;+2/p-2. The molecule has 0 bridgehead atoms. The van der Waals surface area contributed by atoms with Crippen LogP contribution in [0, 0.1) is 6.92 Å². The van der Waals surface area contributed by atoms with Crippen LogP contribution in [0.3, 0.4) is 0 Å². The fourth-order valence-corrected chi connectivity index (χ4v) is 9.63. The molecule has 0 radical (unpaired) electrons. The molecule has 3 heteroatoms. The van der Waals surface area contributed by atoms with Crippen LogP contribution >= 0.6 is 17.0 Å². The van der Waals surface area contributed by atoms with Gasteiger partial charge in [0.05, 0.1) is 0 Å². The van der Waals surface area contributed by atoms with E-state index in [0.717, 1.165) is 6.42 Å². The second-order valence-corrected chi connectivity index (χ2v) is 17.4. The molecule has 1 unspecified atom stereocenters. The van der Waals surface area contributed by atoms with Gasteiger partial charge in [-0.25, -0.2) is 0 Å². The van der Waals surface area contributed by atoms with E-state index in [-0.39, 0.29) is 5.41 Å². The Kier molecular flexibility index (Phi) is 6.77. The van der Waals surface area contributed by atoms with Gasteiger partial charge in [0, 0.05) is 0 Å². The van der Waals surface area contributed by atoms with Gasteiger partial charge in [-0.15, -0.1) is 0 Å². The molecule has 0 saturated heterocycles. The number of hydrogen-bond donors (Lipinski definition) is 0. The molecule has 1 aliphatic carbocycles. The Balaban J connectivity index is 2.29. The number of hydrogen-bond acceptors (Lipinski definition) is 0. The third-order valence-electron chi connectivity index (χ3n) is 5.55. The molecule has 27 heavy (non-hydrogen) atoms. The summed E-state index contributed by atoms with van der Waals surface area (Å²) in [6.45, 7) is 11.4. The van der Waals surface area contributed by atoms with Gasteiger partial charge in [0.1, 0.15) is 0 Å². The number of halogens is 2. The van der Waals surface area contributed by atoms with Gasteiger partial charge in [0.15, 0.2) is 0 Å². The molecular weight excluding hydrogens is 450 g/mol. The first-order valence-electron chi connectivity index (χ1n) is 9.87. The van der Waals surface area contributed by atoms with Crippen molar-refractivity contribution in [3.8, 4) is 11.1 Å². The zero-order valence-electron chi connectivity index (χ0n) is 17.0. The van der Waals surface area contributed by atoms with Crippen molar-refractivity contribution in [2.45, 2.75) is 62.9 Å². The van der Waals surface area contributed by atoms with Crippen molar-refractivity contribution >= 4 is 23.1 Å². The maximum absolute atomic E-state index is 6.67. The van der Waals surface area contributed by atoms with Gasteiger partial charge < -0.3 is 0 Å². The molecule has 0 saturated carbocycles. The van der Waals surface area contributed by atoms with Crippen LogP contribution in [-0.4, -0.2) is 0 Å². The van der Waals surface area contributed by atoms with Crippen LogP contribution in [0.4, 0.5) is 0 Å². The van der Waals surface area contributed by atoms with Gasteiger partial charge in [-0.2, -0.15) is 0 Å². The van der Waals surface area contributed by atoms with Gasteiger partial charge in [-0.1, -0.05) is 0 Å². The molecule has 0 nitrogen and oxygen atoms in total. The molecule has 1 aliphatic rings. The van der Waals surface area contributed by atoms with Crippen LogP contribution in [-0.2, 0) is 24.8 Å². The average molecular weight is 480 g/mol.